The fourth-order valence-corrected chi connectivity index (χ4v) is 3.49. The molecule has 1 heterocycles. The Morgan fingerprint density at radius 3 is 2.61 bits per heavy atom. The molecule has 1 aliphatic heterocycles. The maximum absolute atomic E-state index is 10.6. The first kappa shape index (κ1) is 16.2. The Kier molecular flexibility index (Phi) is 4.57. The molecule has 0 bridgehead atoms. The second-order valence-corrected chi connectivity index (χ2v) is 6.42. The average Bonchev–Trinajstić information content (AvgIpc) is 2.87. The highest BCUT2D eigenvalue weighted by molar-refractivity contribution is 6.39. The molecule has 0 fully saturated rings. The van der Waals surface area contributed by atoms with Crippen molar-refractivity contribution in [1.29, 1.82) is 0 Å². The average molecular weight is 373 g/mol. The smallest absolute Gasteiger partial charge is 0.404 e. The van der Waals surface area contributed by atoms with E-state index in [-0.39, 0.29) is 12.6 Å². The second-order valence-electron chi connectivity index (χ2n) is 5.17. The van der Waals surface area contributed by atoms with Gasteiger partial charge >= 0.3 is 6.09 Å². The monoisotopic (exact) mass is 371 g/mol. The molecular formula is C16H12Cl3NO3. The molecule has 0 saturated carbocycles. The SMILES string of the molecule is O=C(O)NCC1Cc2cc(Cl)cc(-c3c(Cl)cccc3Cl)c2O1. The molecule has 23 heavy (non-hydrogen) atoms. The lowest BCUT2D eigenvalue weighted by Crippen LogP contribution is -2.33. The number of hydrogen-bond acceptors (Lipinski definition) is 2. The summed E-state index contributed by atoms with van der Waals surface area (Å²) in [5, 5.41) is 12.6. The number of rotatable bonds is 3. The Morgan fingerprint density at radius 2 is 1.96 bits per heavy atom. The lowest BCUT2D eigenvalue weighted by atomic mass is 10.0. The van der Waals surface area contributed by atoms with Gasteiger partial charge in [-0.05, 0) is 24.3 Å². The Hall–Kier alpha value is -1.62. The van der Waals surface area contributed by atoms with Crippen molar-refractivity contribution in [3.8, 4) is 16.9 Å². The molecule has 7 heteroatoms. The van der Waals surface area contributed by atoms with Crippen LogP contribution < -0.4 is 10.1 Å². The molecule has 0 spiro atoms. The number of fused-ring (bicyclic) bond motifs is 1. The summed E-state index contributed by atoms with van der Waals surface area (Å²) in [6, 6.07) is 8.81. The highest BCUT2D eigenvalue weighted by atomic mass is 35.5. The molecule has 3 rings (SSSR count). The number of amides is 1. The molecule has 1 unspecified atom stereocenters. The summed E-state index contributed by atoms with van der Waals surface area (Å²) in [6.07, 6.45) is -0.817. The van der Waals surface area contributed by atoms with Gasteiger partial charge in [0, 0.05) is 28.1 Å². The molecule has 0 saturated heterocycles. The van der Waals surface area contributed by atoms with Gasteiger partial charge in [-0.25, -0.2) is 4.79 Å². The molecule has 0 radical (unpaired) electrons. The zero-order valence-corrected chi connectivity index (χ0v) is 14.0. The summed E-state index contributed by atoms with van der Waals surface area (Å²) in [5.41, 5.74) is 2.27. The Balaban J connectivity index is 2.01. The van der Waals surface area contributed by atoms with Crippen LogP contribution in [0.1, 0.15) is 5.56 Å². The summed E-state index contributed by atoms with van der Waals surface area (Å²) in [4.78, 5) is 10.6. The van der Waals surface area contributed by atoms with E-state index in [1.807, 2.05) is 6.07 Å². The third-order valence-corrected chi connectivity index (χ3v) is 4.42. The number of carbonyl (C=O) groups is 1. The zero-order valence-electron chi connectivity index (χ0n) is 11.8. The lowest BCUT2D eigenvalue weighted by Gasteiger charge is -2.14. The van der Waals surface area contributed by atoms with Crippen LogP contribution in [0, 0.1) is 0 Å². The van der Waals surface area contributed by atoms with Gasteiger partial charge in [0.1, 0.15) is 11.9 Å². The predicted octanol–water partition coefficient (Wildman–Crippen LogP) is 4.88. The summed E-state index contributed by atoms with van der Waals surface area (Å²) < 4.78 is 5.91. The highest BCUT2D eigenvalue weighted by Gasteiger charge is 2.28. The van der Waals surface area contributed by atoms with Crippen LogP contribution in [-0.2, 0) is 6.42 Å². The third kappa shape index (κ3) is 3.34. The van der Waals surface area contributed by atoms with E-state index in [0.29, 0.717) is 38.4 Å². The minimum atomic E-state index is -1.09. The lowest BCUT2D eigenvalue weighted by molar-refractivity contribution is 0.181. The van der Waals surface area contributed by atoms with Crippen molar-refractivity contribution in [2.45, 2.75) is 12.5 Å². The van der Waals surface area contributed by atoms with Crippen LogP contribution >= 0.6 is 34.8 Å². The molecule has 2 N–H and O–H groups in total. The van der Waals surface area contributed by atoms with Gasteiger partial charge in [0.25, 0.3) is 0 Å². The molecule has 2 aromatic rings. The normalized spacial score (nSPS) is 15.9. The quantitative estimate of drug-likeness (QED) is 0.807. The summed E-state index contributed by atoms with van der Waals surface area (Å²) in [7, 11) is 0. The van der Waals surface area contributed by atoms with Crippen molar-refractivity contribution < 1.29 is 14.6 Å². The summed E-state index contributed by atoms with van der Waals surface area (Å²) >= 11 is 18.8. The Labute approximate surface area is 147 Å². The molecule has 1 aliphatic rings. The minimum Gasteiger partial charge on any atom is -0.487 e. The van der Waals surface area contributed by atoms with Gasteiger partial charge in [-0.15, -0.1) is 0 Å². The van der Waals surface area contributed by atoms with E-state index in [0.717, 1.165) is 5.56 Å². The standard InChI is InChI=1S/C16H12Cl3NO3/c17-9-4-8-5-10(7-20-16(21)22)23-15(8)11(6-9)14-12(18)2-1-3-13(14)19/h1-4,6,10,20H,5,7H2,(H,21,22). The highest BCUT2D eigenvalue weighted by Crippen LogP contribution is 2.45. The van der Waals surface area contributed by atoms with Crippen LogP contribution in [0.3, 0.4) is 0 Å². The van der Waals surface area contributed by atoms with Gasteiger partial charge < -0.3 is 15.2 Å². The van der Waals surface area contributed by atoms with Crippen molar-refractivity contribution in [3.63, 3.8) is 0 Å². The molecule has 0 aliphatic carbocycles. The first-order valence-corrected chi connectivity index (χ1v) is 7.99. The largest absolute Gasteiger partial charge is 0.487 e. The second kappa shape index (κ2) is 6.48. The van der Waals surface area contributed by atoms with E-state index in [2.05, 4.69) is 5.32 Å². The van der Waals surface area contributed by atoms with Crippen molar-refractivity contribution in [1.82, 2.24) is 5.32 Å². The third-order valence-electron chi connectivity index (χ3n) is 3.58. The maximum Gasteiger partial charge on any atom is 0.404 e. The summed E-state index contributed by atoms with van der Waals surface area (Å²) in [5.74, 6) is 0.640. The van der Waals surface area contributed by atoms with Crippen LogP contribution in [-0.4, -0.2) is 23.8 Å². The van der Waals surface area contributed by atoms with Gasteiger partial charge in [0.2, 0.25) is 0 Å². The maximum atomic E-state index is 10.6. The van der Waals surface area contributed by atoms with Crippen LogP contribution in [0.15, 0.2) is 30.3 Å². The summed E-state index contributed by atoms with van der Waals surface area (Å²) in [6.45, 7) is 0.192. The molecule has 120 valence electrons. The van der Waals surface area contributed by atoms with Gasteiger partial charge in [0.05, 0.1) is 16.6 Å². The van der Waals surface area contributed by atoms with Crippen LogP contribution in [0.4, 0.5) is 4.79 Å². The molecule has 2 aromatic carbocycles. The molecule has 4 nitrogen and oxygen atoms in total. The van der Waals surface area contributed by atoms with Gasteiger partial charge in [-0.3, -0.25) is 0 Å². The van der Waals surface area contributed by atoms with E-state index in [9.17, 15) is 4.79 Å². The number of ether oxygens (including phenoxy) is 1. The van der Waals surface area contributed by atoms with Crippen molar-refractivity contribution >= 4 is 40.9 Å². The minimum absolute atomic E-state index is 0.192. The zero-order chi connectivity index (χ0) is 16.6. The first-order valence-electron chi connectivity index (χ1n) is 6.86. The molecule has 0 aromatic heterocycles. The van der Waals surface area contributed by atoms with E-state index in [4.69, 9.17) is 44.6 Å². The van der Waals surface area contributed by atoms with E-state index in [1.165, 1.54) is 0 Å². The van der Waals surface area contributed by atoms with Gasteiger partial charge in [-0.2, -0.15) is 0 Å². The van der Waals surface area contributed by atoms with Gasteiger partial charge in [-0.1, -0.05) is 40.9 Å². The topological polar surface area (TPSA) is 58.6 Å². The van der Waals surface area contributed by atoms with Crippen LogP contribution in [0.5, 0.6) is 5.75 Å². The number of halogens is 3. The first-order chi connectivity index (χ1) is 11.0. The predicted molar refractivity (Wildman–Crippen MR) is 91.1 cm³/mol. The van der Waals surface area contributed by atoms with E-state index in [1.54, 1.807) is 24.3 Å². The number of carboxylic acid groups (broad SMARTS) is 1. The molecule has 1 amide bonds. The van der Waals surface area contributed by atoms with Crippen LogP contribution in [0.25, 0.3) is 11.1 Å². The van der Waals surface area contributed by atoms with Gasteiger partial charge in [0.15, 0.2) is 0 Å². The van der Waals surface area contributed by atoms with Crippen LogP contribution in [0.2, 0.25) is 15.1 Å². The van der Waals surface area contributed by atoms with Crippen molar-refractivity contribution in [3.05, 3.63) is 51.0 Å². The number of benzene rings is 2. The van der Waals surface area contributed by atoms with Crippen molar-refractivity contribution in [2.75, 3.05) is 6.54 Å². The Bertz CT molecular complexity index is 759. The molecule has 1 atom stereocenters. The number of nitrogens with one attached hydrogen (secondary N) is 1. The Morgan fingerprint density at radius 1 is 1.26 bits per heavy atom. The fourth-order valence-electron chi connectivity index (χ4n) is 2.65. The van der Waals surface area contributed by atoms with E-state index >= 15 is 0 Å². The van der Waals surface area contributed by atoms with E-state index < -0.39 is 6.09 Å². The fraction of sp³-hybridized carbons (Fsp3) is 0.188. The molecular weight excluding hydrogens is 361 g/mol. The van der Waals surface area contributed by atoms with Crippen molar-refractivity contribution in [2.24, 2.45) is 0 Å². The number of hydrogen-bond donors (Lipinski definition) is 2.